The topological polar surface area (TPSA) is 61.4 Å². The molecule has 1 aromatic carbocycles. The van der Waals surface area contributed by atoms with E-state index in [2.05, 4.69) is 10.0 Å². The molecule has 0 unspecified atom stereocenters. The van der Waals surface area contributed by atoms with E-state index in [4.69, 9.17) is 11.6 Å². The Balaban J connectivity index is 2.78. The number of hydrogen-bond donors (Lipinski definition) is 2. The minimum absolute atomic E-state index is 0.136. The second kappa shape index (κ2) is 7.95. The van der Waals surface area contributed by atoms with E-state index in [1.807, 2.05) is 32.1 Å². The van der Waals surface area contributed by atoms with Crippen molar-refractivity contribution in [2.24, 2.45) is 0 Å². The third kappa shape index (κ3) is 5.38. The molecule has 0 aliphatic rings. The second-order valence-electron chi connectivity index (χ2n) is 4.85. The van der Waals surface area contributed by atoms with E-state index >= 15 is 0 Å². The summed E-state index contributed by atoms with van der Waals surface area (Å²) < 4.78 is 27.0. The van der Waals surface area contributed by atoms with Crippen LogP contribution in [-0.4, -0.2) is 47.6 Å². The molecular weight excluding hydrogens is 298 g/mol. The number of benzene rings is 1. The van der Waals surface area contributed by atoms with Gasteiger partial charge in [-0.25, -0.2) is 13.1 Å². The van der Waals surface area contributed by atoms with Crippen LogP contribution in [0.5, 0.6) is 0 Å². The Morgan fingerprint density at radius 2 is 2.00 bits per heavy atom. The summed E-state index contributed by atoms with van der Waals surface area (Å²) in [4.78, 5) is 2.14. The van der Waals surface area contributed by atoms with Crippen LogP contribution >= 0.6 is 11.6 Å². The molecule has 0 spiro atoms. The van der Waals surface area contributed by atoms with Gasteiger partial charge in [0.1, 0.15) is 4.90 Å². The SMILES string of the molecule is CNCc1ccc(Cl)c(S(=O)(=O)NCCCN(C)C)c1. The van der Waals surface area contributed by atoms with Crippen molar-refractivity contribution in [2.45, 2.75) is 17.9 Å². The predicted octanol–water partition coefficient (Wildman–Crippen LogP) is 1.29. The van der Waals surface area contributed by atoms with Crippen molar-refractivity contribution in [3.05, 3.63) is 28.8 Å². The van der Waals surface area contributed by atoms with Crippen LogP contribution in [-0.2, 0) is 16.6 Å². The summed E-state index contributed by atoms with van der Waals surface area (Å²) in [5.74, 6) is 0. The van der Waals surface area contributed by atoms with E-state index in [9.17, 15) is 8.42 Å². The highest BCUT2D eigenvalue weighted by Crippen LogP contribution is 2.22. The van der Waals surface area contributed by atoms with Crippen molar-refractivity contribution in [3.8, 4) is 0 Å². The number of halogens is 1. The molecule has 7 heteroatoms. The van der Waals surface area contributed by atoms with E-state index in [1.54, 1.807) is 12.1 Å². The highest BCUT2D eigenvalue weighted by Gasteiger charge is 2.17. The van der Waals surface area contributed by atoms with Gasteiger partial charge in [-0.15, -0.1) is 0 Å². The van der Waals surface area contributed by atoms with Crippen LogP contribution in [0.3, 0.4) is 0 Å². The van der Waals surface area contributed by atoms with Crippen molar-refractivity contribution < 1.29 is 8.42 Å². The maximum Gasteiger partial charge on any atom is 0.242 e. The van der Waals surface area contributed by atoms with Crippen LogP contribution in [0.4, 0.5) is 0 Å². The summed E-state index contributed by atoms with van der Waals surface area (Å²) in [5.41, 5.74) is 0.880. The van der Waals surface area contributed by atoms with Crippen LogP contribution in [0, 0.1) is 0 Å². The molecule has 0 fully saturated rings. The van der Waals surface area contributed by atoms with Gasteiger partial charge in [0.05, 0.1) is 5.02 Å². The first-order valence-electron chi connectivity index (χ1n) is 6.44. The molecule has 0 bridgehead atoms. The molecule has 5 nitrogen and oxygen atoms in total. The van der Waals surface area contributed by atoms with E-state index in [0.717, 1.165) is 18.5 Å². The van der Waals surface area contributed by atoms with Crippen LogP contribution in [0.2, 0.25) is 5.02 Å². The van der Waals surface area contributed by atoms with Crippen LogP contribution < -0.4 is 10.0 Å². The molecule has 0 aliphatic heterocycles. The summed E-state index contributed by atoms with van der Waals surface area (Å²) in [5, 5.41) is 3.22. The molecule has 0 heterocycles. The smallest absolute Gasteiger partial charge is 0.242 e. The van der Waals surface area contributed by atoms with Crippen LogP contribution in [0.1, 0.15) is 12.0 Å². The number of sulfonamides is 1. The fourth-order valence-electron chi connectivity index (χ4n) is 1.75. The lowest BCUT2D eigenvalue weighted by Gasteiger charge is -2.12. The molecule has 1 rings (SSSR count). The van der Waals surface area contributed by atoms with E-state index in [-0.39, 0.29) is 9.92 Å². The van der Waals surface area contributed by atoms with Crippen molar-refractivity contribution in [2.75, 3.05) is 34.2 Å². The van der Waals surface area contributed by atoms with Crippen LogP contribution in [0.15, 0.2) is 23.1 Å². The zero-order valence-electron chi connectivity index (χ0n) is 12.1. The average Bonchev–Trinajstić information content (AvgIpc) is 2.37. The molecule has 0 amide bonds. The quantitative estimate of drug-likeness (QED) is 0.709. The number of rotatable bonds is 8. The van der Waals surface area contributed by atoms with Gasteiger partial charge in [-0.1, -0.05) is 17.7 Å². The Bertz CT molecular complexity index is 532. The molecule has 0 atom stereocenters. The number of nitrogens with zero attached hydrogens (tertiary/aromatic N) is 1. The lowest BCUT2D eigenvalue weighted by molar-refractivity contribution is 0.400. The molecule has 1 aromatic rings. The fourth-order valence-corrected chi connectivity index (χ4v) is 3.37. The summed E-state index contributed by atoms with van der Waals surface area (Å²) in [6, 6.07) is 5.03. The van der Waals surface area contributed by atoms with Gasteiger partial charge in [-0.3, -0.25) is 0 Å². The summed E-state index contributed by atoms with van der Waals surface area (Å²) in [7, 11) is 2.15. The molecule has 0 aliphatic carbocycles. The van der Waals surface area contributed by atoms with Gasteiger partial charge in [0.15, 0.2) is 0 Å². The van der Waals surface area contributed by atoms with Crippen LogP contribution in [0.25, 0.3) is 0 Å². The zero-order chi connectivity index (χ0) is 15.2. The largest absolute Gasteiger partial charge is 0.316 e. The molecule has 0 radical (unpaired) electrons. The summed E-state index contributed by atoms with van der Waals surface area (Å²) in [6.07, 6.45) is 0.750. The maximum atomic E-state index is 12.2. The minimum atomic E-state index is -3.56. The number of hydrogen-bond acceptors (Lipinski definition) is 4. The highest BCUT2D eigenvalue weighted by molar-refractivity contribution is 7.89. The van der Waals surface area contributed by atoms with Crippen molar-refractivity contribution in [1.82, 2.24) is 14.9 Å². The normalized spacial score (nSPS) is 12.1. The zero-order valence-corrected chi connectivity index (χ0v) is 13.7. The first-order valence-corrected chi connectivity index (χ1v) is 8.30. The Morgan fingerprint density at radius 1 is 1.30 bits per heavy atom. The Hall–Kier alpha value is -0.660. The fraction of sp³-hybridized carbons (Fsp3) is 0.538. The Labute approximate surface area is 126 Å². The molecular formula is C13H22ClN3O2S. The summed E-state index contributed by atoms with van der Waals surface area (Å²) >= 11 is 6.00. The first-order chi connectivity index (χ1) is 9.36. The second-order valence-corrected chi connectivity index (χ2v) is 6.99. The van der Waals surface area contributed by atoms with Gasteiger partial charge < -0.3 is 10.2 Å². The average molecular weight is 320 g/mol. The lowest BCUT2D eigenvalue weighted by atomic mass is 10.2. The monoisotopic (exact) mass is 319 g/mol. The van der Waals surface area contributed by atoms with E-state index < -0.39 is 10.0 Å². The predicted molar refractivity (Wildman–Crippen MR) is 82.6 cm³/mol. The first kappa shape index (κ1) is 17.4. The van der Waals surface area contributed by atoms with Gasteiger partial charge in [-0.05, 0) is 51.8 Å². The summed E-state index contributed by atoms with van der Waals surface area (Å²) in [6.45, 7) is 1.82. The molecule has 2 N–H and O–H groups in total. The molecule has 0 saturated carbocycles. The van der Waals surface area contributed by atoms with E-state index in [1.165, 1.54) is 0 Å². The molecule has 0 saturated heterocycles. The minimum Gasteiger partial charge on any atom is -0.316 e. The van der Waals surface area contributed by atoms with Crippen molar-refractivity contribution in [1.29, 1.82) is 0 Å². The van der Waals surface area contributed by atoms with Gasteiger partial charge >= 0.3 is 0 Å². The van der Waals surface area contributed by atoms with Crippen molar-refractivity contribution in [3.63, 3.8) is 0 Å². The molecule has 20 heavy (non-hydrogen) atoms. The van der Waals surface area contributed by atoms with Crippen molar-refractivity contribution >= 4 is 21.6 Å². The Morgan fingerprint density at radius 3 is 2.60 bits per heavy atom. The lowest BCUT2D eigenvalue weighted by Crippen LogP contribution is -2.27. The maximum absolute atomic E-state index is 12.2. The van der Waals surface area contributed by atoms with E-state index in [0.29, 0.717) is 13.1 Å². The van der Waals surface area contributed by atoms with Gasteiger partial charge in [0, 0.05) is 13.1 Å². The molecule has 114 valence electrons. The third-order valence-electron chi connectivity index (χ3n) is 2.74. The van der Waals surface area contributed by atoms with Gasteiger partial charge in [0.25, 0.3) is 0 Å². The highest BCUT2D eigenvalue weighted by atomic mass is 35.5. The third-order valence-corrected chi connectivity index (χ3v) is 4.68. The standard InChI is InChI=1S/C13H22ClN3O2S/c1-15-10-11-5-6-12(14)13(9-11)20(18,19)16-7-4-8-17(2)3/h5-6,9,15-16H,4,7-8,10H2,1-3H3. The number of nitrogens with one attached hydrogen (secondary N) is 2. The Kier molecular flexibility index (Phi) is 6.91. The molecule has 0 aromatic heterocycles. The van der Waals surface area contributed by atoms with Gasteiger partial charge in [-0.2, -0.15) is 0 Å². The van der Waals surface area contributed by atoms with Gasteiger partial charge in [0.2, 0.25) is 10.0 Å².